The third-order valence-electron chi connectivity index (χ3n) is 3.16. The smallest absolute Gasteiger partial charge is 0.339 e. The van der Waals surface area contributed by atoms with Crippen molar-refractivity contribution in [2.24, 2.45) is 0 Å². The molecule has 2 heterocycles. The summed E-state index contributed by atoms with van der Waals surface area (Å²) in [5, 5.41) is 2.38. The van der Waals surface area contributed by atoms with E-state index in [9.17, 15) is 9.59 Å². The number of carbonyl (C=O) groups is 2. The number of carbonyl (C=O) groups excluding carboxylic acids is 2. The van der Waals surface area contributed by atoms with Gasteiger partial charge in [-0.15, -0.1) is 11.3 Å². The predicted molar refractivity (Wildman–Crippen MR) is 87.9 cm³/mol. The van der Waals surface area contributed by atoms with E-state index in [1.165, 1.54) is 17.7 Å². The molecule has 0 saturated heterocycles. The summed E-state index contributed by atoms with van der Waals surface area (Å²) < 4.78 is 10.0. The van der Waals surface area contributed by atoms with Crippen molar-refractivity contribution in [2.45, 2.75) is 20.3 Å². The Morgan fingerprint density at radius 3 is 2.65 bits per heavy atom. The molecule has 0 unspecified atom stereocenters. The third-order valence-corrected chi connectivity index (χ3v) is 4.05. The number of aromatic nitrogens is 2. The average molecular weight is 337 g/mol. The van der Waals surface area contributed by atoms with Crippen LogP contribution in [0, 0.1) is 0 Å². The predicted octanol–water partition coefficient (Wildman–Crippen LogP) is 2.26. The number of thiophene rings is 1. The van der Waals surface area contributed by atoms with Crippen LogP contribution in [0.3, 0.4) is 0 Å². The molecule has 124 valence electrons. The monoisotopic (exact) mass is 337 g/mol. The normalized spacial score (nSPS) is 10.6. The fourth-order valence-electron chi connectivity index (χ4n) is 2.11. The van der Waals surface area contributed by atoms with Gasteiger partial charge in [0.15, 0.2) is 0 Å². The highest BCUT2D eigenvalue weighted by Crippen LogP contribution is 2.31. The molecule has 8 heteroatoms. The Labute approximate surface area is 138 Å². The highest BCUT2D eigenvalue weighted by atomic mass is 32.1. The van der Waals surface area contributed by atoms with E-state index in [2.05, 4.69) is 9.97 Å². The van der Waals surface area contributed by atoms with Gasteiger partial charge in [0.05, 0.1) is 30.6 Å². The maximum Gasteiger partial charge on any atom is 0.339 e. The van der Waals surface area contributed by atoms with Crippen molar-refractivity contribution < 1.29 is 19.1 Å². The maximum absolute atomic E-state index is 12.1. The molecule has 2 rings (SSSR count). The molecule has 0 bridgehead atoms. The Morgan fingerprint density at radius 1 is 1.22 bits per heavy atom. The van der Waals surface area contributed by atoms with Crippen LogP contribution in [0.15, 0.2) is 11.7 Å². The first-order chi connectivity index (χ1) is 11.1. The largest absolute Gasteiger partial charge is 0.466 e. The van der Waals surface area contributed by atoms with Crippen LogP contribution in [-0.2, 0) is 14.3 Å². The van der Waals surface area contributed by atoms with E-state index in [0.29, 0.717) is 41.4 Å². The third kappa shape index (κ3) is 3.95. The minimum absolute atomic E-state index is 0.245. The van der Waals surface area contributed by atoms with Gasteiger partial charge in [-0.2, -0.15) is 0 Å². The molecule has 0 spiro atoms. The van der Waals surface area contributed by atoms with E-state index >= 15 is 0 Å². The highest BCUT2D eigenvalue weighted by molar-refractivity contribution is 7.17. The first kappa shape index (κ1) is 17.1. The van der Waals surface area contributed by atoms with E-state index in [-0.39, 0.29) is 12.4 Å². The van der Waals surface area contributed by atoms with Crippen molar-refractivity contribution in [3.63, 3.8) is 0 Å². The standard InChI is InChI=1S/C15H19N3O4S/c1-4-21-11(19)6-7-18(3)13-12-10(15(20)22-5-2)8-23-14(12)17-9-16-13/h8-9H,4-7H2,1-3H3. The summed E-state index contributed by atoms with van der Waals surface area (Å²) in [5.74, 6) is -0.0576. The molecule has 0 aliphatic rings. The Bertz CT molecular complexity index is 701. The summed E-state index contributed by atoms with van der Waals surface area (Å²) in [5.41, 5.74) is 0.449. The molecule has 0 fully saturated rings. The number of hydrogen-bond donors (Lipinski definition) is 0. The molecule has 0 aromatic carbocycles. The zero-order valence-corrected chi connectivity index (χ0v) is 14.2. The molecule has 7 nitrogen and oxygen atoms in total. The maximum atomic E-state index is 12.1. The minimum atomic E-state index is -0.395. The second-order valence-electron chi connectivity index (χ2n) is 4.72. The summed E-state index contributed by atoms with van der Waals surface area (Å²) in [6.45, 7) is 4.63. The zero-order valence-electron chi connectivity index (χ0n) is 13.4. The fourth-order valence-corrected chi connectivity index (χ4v) is 2.98. The van der Waals surface area contributed by atoms with Crippen molar-refractivity contribution in [1.29, 1.82) is 0 Å². The minimum Gasteiger partial charge on any atom is -0.466 e. The Kier molecular flexibility index (Phi) is 5.86. The van der Waals surface area contributed by atoms with Gasteiger partial charge in [-0.1, -0.05) is 0 Å². The number of rotatable bonds is 7. The van der Waals surface area contributed by atoms with Crippen LogP contribution in [0.4, 0.5) is 5.82 Å². The van der Waals surface area contributed by atoms with Crippen LogP contribution < -0.4 is 4.90 Å². The van der Waals surface area contributed by atoms with Gasteiger partial charge in [-0.3, -0.25) is 4.79 Å². The van der Waals surface area contributed by atoms with Crippen LogP contribution >= 0.6 is 11.3 Å². The molecule has 0 amide bonds. The van der Waals surface area contributed by atoms with Gasteiger partial charge in [0.25, 0.3) is 0 Å². The second-order valence-corrected chi connectivity index (χ2v) is 5.58. The molecule has 23 heavy (non-hydrogen) atoms. The van der Waals surface area contributed by atoms with Crippen molar-refractivity contribution >= 4 is 39.3 Å². The molecule has 0 aliphatic heterocycles. The first-order valence-electron chi connectivity index (χ1n) is 7.34. The van der Waals surface area contributed by atoms with E-state index in [1.807, 2.05) is 11.9 Å². The molecular weight excluding hydrogens is 318 g/mol. The number of anilines is 1. The molecule has 0 atom stereocenters. The van der Waals surface area contributed by atoms with Gasteiger partial charge in [0.1, 0.15) is 17.0 Å². The number of fused-ring (bicyclic) bond motifs is 1. The van der Waals surface area contributed by atoms with Crippen LogP contribution in [-0.4, -0.2) is 48.7 Å². The van der Waals surface area contributed by atoms with Crippen molar-refractivity contribution in [1.82, 2.24) is 9.97 Å². The van der Waals surface area contributed by atoms with Crippen molar-refractivity contribution in [3.8, 4) is 0 Å². The summed E-state index contributed by atoms with van der Waals surface area (Å²) >= 11 is 1.36. The van der Waals surface area contributed by atoms with Crippen LogP contribution in [0.2, 0.25) is 0 Å². The Hall–Kier alpha value is -2.22. The number of ether oxygens (including phenoxy) is 2. The second kappa shape index (κ2) is 7.87. The summed E-state index contributed by atoms with van der Waals surface area (Å²) in [6, 6.07) is 0. The fraction of sp³-hybridized carbons (Fsp3) is 0.467. The van der Waals surface area contributed by atoms with Gasteiger partial charge >= 0.3 is 11.9 Å². The van der Waals surface area contributed by atoms with Gasteiger partial charge in [-0.25, -0.2) is 14.8 Å². The van der Waals surface area contributed by atoms with E-state index in [0.717, 1.165) is 0 Å². The van der Waals surface area contributed by atoms with E-state index in [4.69, 9.17) is 9.47 Å². The lowest BCUT2D eigenvalue weighted by atomic mass is 10.2. The number of esters is 2. The number of nitrogens with zero attached hydrogens (tertiary/aromatic N) is 3. The quantitative estimate of drug-likeness (QED) is 0.717. The van der Waals surface area contributed by atoms with Crippen molar-refractivity contribution in [2.75, 3.05) is 31.7 Å². The molecule has 0 aliphatic carbocycles. The van der Waals surface area contributed by atoms with Gasteiger partial charge < -0.3 is 14.4 Å². The highest BCUT2D eigenvalue weighted by Gasteiger charge is 2.20. The molecule has 2 aromatic heterocycles. The Morgan fingerprint density at radius 2 is 1.96 bits per heavy atom. The Balaban J connectivity index is 2.27. The van der Waals surface area contributed by atoms with E-state index in [1.54, 1.807) is 19.2 Å². The zero-order chi connectivity index (χ0) is 16.8. The summed E-state index contributed by atoms with van der Waals surface area (Å²) in [4.78, 5) is 34.6. The SMILES string of the molecule is CCOC(=O)CCN(C)c1ncnc2scc(C(=O)OCC)c12. The lowest BCUT2D eigenvalue weighted by Crippen LogP contribution is -2.23. The topological polar surface area (TPSA) is 81.6 Å². The van der Waals surface area contributed by atoms with Crippen LogP contribution in [0.1, 0.15) is 30.6 Å². The van der Waals surface area contributed by atoms with Crippen molar-refractivity contribution in [3.05, 3.63) is 17.3 Å². The molecule has 2 aromatic rings. The molecule has 0 N–H and O–H groups in total. The summed E-state index contributed by atoms with van der Waals surface area (Å²) in [6.07, 6.45) is 1.69. The summed E-state index contributed by atoms with van der Waals surface area (Å²) in [7, 11) is 1.81. The van der Waals surface area contributed by atoms with Gasteiger partial charge in [0.2, 0.25) is 0 Å². The van der Waals surface area contributed by atoms with Gasteiger partial charge in [0, 0.05) is 19.0 Å². The van der Waals surface area contributed by atoms with Gasteiger partial charge in [-0.05, 0) is 13.8 Å². The molecular formula is C15H19N3O4S. The molecule has 0 saturated carbocycles. The van der Waals surface area contributed by atoms with Crippen LogP contribution in [0.25, 0.3) is 10.2 Å². The lowest BCUT2D eigenvalue weighted by molar-refractivity contribution is -0.142. The van der Waals surface area contributed by atoms with Crippen LogP contribution in [0.5, 0.6) is 0 Å². The van der Waals surface area contributed by atoms with E-state index < -0.39 is 5.97 Å². The molecule has 0 radical (unpaired) electrons. The average Bonchev–Trinajstić information content (AvgIpc) is 2.97. The lowest BCUT2D eigenvalue weighted by Gasteiger charge is -2.18. The number of hydrogen-bond acceptors (Lipinski definition) is 8. The first-order valence-corrected chi connectivity index (χ1v) is 8.22.